The lowest BCUT2D eigenvalue weighted by Gasteiger charge is -2.12. The van der Waals surface area contributed by atoms with Crippen molar-refractivity contribution in [1.82, 2.24) is 9.97 Å². The maximum absolute atomic E-state index is 5.66. The minimum Gasteiger partial charge on any atom is -0.475 e. The van der Waals surface area contributed by atoms with E-state index in [0.29, 0.717) is 19.1 Å². The van der Waals surface area contributed by atoms with Crippen LogP contribution >= 0.6 is 0 Å². The molecule has 0 bridgehead atoms. The van der Waals surface area contributed by atoms with Gasteiger partial charge in [-0.25, -0.2) is 9.97 Å². The smallest absolute Gasteiger partial charge is 0.221 e. The molecular formula is C13H23N3O2. The highest BCUT2D eigenvalue weighted by molar-refractivity contribution is 5.48. The van der Waals surface area contributed by atoms with Gasteiger partial charge in [-0.15, -0.1) is 0 Å². The molecule has 1 heterocycles. The van der Waals surface area contributed by atoms with Crippen LogP contribution in [0.25, 0.3) is 0 Å². The number of hydrogen-bond acceptors (Lipinski definition) is 5. The van der Waals surface area contributed by atoms with Gasteiger partial charge in [-0.05, 0) is 12.8 Å². The highest BCUT2D eigenvalue weighted by Crippen LogP contribution is 2.22. The summed E-state index contributed by atoms with van der Waals surface area (Å²) in [5.41, 5.74) is 1.04. The van der Waals surface area contributed by atoms with Crippen molar-refractivity contribution in [2.45, 2.75) is 33.1 Å². The molecule has 5 heteroatoms. The second kappa shape index (κ2) is 8.69. The molecule has 1 rings (SSSR count). The molecule has 0 radical (unpaired) electrons. The summed E-state index contributed by atoms with van der Waals surface area (Å²) in [5, 5.41) is 3.07. The highest BCUT2D eigenvalue weighted by Gasteiger charge is 2.10. The Kier molecular flexibility index (Phi) is 7.10. The van der Waals surface area contributed by atoms with E-state index in [1.54, 1.807) is 0 Å². The predicted molar refractivity (Wildman–Crippen MR) is 72.2 cm³/mol. The molecule has 0 aliphatic carbocycles. The third-order valence-electron chi connectivity index (χ3n) is 2.46. The molecule has 0 amide bonds. The van der Waals surface area contributed by atoms with Crippen molar-refractivity contribution < 1.29 is 9.47 Å². The van der Waals surface area contributed by atoms with Crippen LogP contribution in [0.5, 0.6) is 5.88 Å². The molecule has 0 atom stereocenters. The maximum atomic E-state index is 5.66. The molecule has 0 unspecified atom stereocenters. The van der Waals surface area contributed by atoms with E-state index in [-0.39, 0.29) is 0 Å². The van der Waals surface area contributed by atoms with Crippen LogP contribution in [-0.2, 0) is 11.2 Å². The van der Waals surface area contributed by atoms with Crippen LogP contribution in [0.1, 0.15) is 32.3 Å². The fourth-order valence-electron chi connectivity index (χ4n) is 1.65. The Bertz CT molecular complexity index is 345. The van der Waals surface area contributed by atoms with Gasteiger partial charge in [-0.1, -0.05) is 20.3 Å². The van der Waals surface area contributed by atoms with Gasteiger partial charge in [0.15, 0.2) is 0 Å². The minimum absolute atomic E-state index is 0.525. The normalized spacial score (nSPS) is 10.4. The monoisotopic (exact) mass is 253 g/mol. The van der Waals surface area contributed by atoms with Crippen LogP contribution in [0.2, 0.25) is 0 Å². The first-order chi connectivity index (χ1) is 8.83. The summed E-state index contributed by atoms with van der Waals surface area (Å²) in [7, 11) is 1.86. The maximum Gasteiger partial charge on any atom is 0.221 e. The van der Waals surface area contributed by atoms with E-state index in [2.05, 4.69) is 29.1 Å². The molecule has 1 aromatic rings. The third-order valence-corrected chi connectivity index (χ3v) is 2.46. The van der Waals surface area contributed by atoms with Gasteiger partial charge >= 0.3 is 0 Å². The Morgan fingerprint density at radius 1 is 1.11 bits per heavy atom. The van der Waals surface area contributed by atoms with Crippen LogP contribution in [0.4, 0.5) is 5.82 Å². The molecule has 102 valence electrons. The first-order valence-electron chi connectivity index (χ1n) is 6.55. The fourth-order valence-corrected chi connectivity index (χ4v) is 1.65. The zero-order chi connectivity index (χ0) is 13.2. The Hall–Kier alpha value is -1.36. The van der Waals surface area contributed by atoms with Crippen molar-refractivity contribution in [3.8, 4) is 5.88 Å². The molecule has 0 saturated carbocycles. The number of nitrogens with one attached hydrogen (secondary N) is 1. The van der Waals surface area contributed by atoms with Crippen molar-refractivity contribution >= 4 is 5.82 Å². The summed E-state index contributed by atoms with van der Waals surface area (Å²) in [6, 6.07) is 0. The SMILES string of the molecule is CCCOCCOc1ncnc(NC)c1CCC. The fraction of sp³-hybridized carbons (Fsp3) is 0.692. The number of ether oxygens (including phenoxy) is 2. The molecule has 0 saturated heterocycles. The molecule has 18 heavy (non-hydrogen) atoms. The second-order valence-corrected chi connectivity index (χ2v) is 3.97. The van der Waals surface area contributed by atoms with Crippen molar-refractivity contribution in [2.24, 2.45) is 0 Å². The number of nitrogens with zero attached hydrogens (tertiary/aromatic N) is 2. The van der Waals surface area contributed by atoms with E-state index in [9.17, 15) is 0 Å². The lowest BCUT2D eigenvalue weighted by Crippen LogP contribution is -2.11. The zero-order valence-electron chi connectivity index (χ0n) is 11.5. The van der Waals surface area contributed by atoms with Gasteiger partial charge in [0, 0.05) is 13.7 Å². The van der Waals surface area contributed by atoms with Crippen molar-refractivity contribution in [2.75, 3.05) is 32.2 Å². The van der Waals surface area contributed by atoms with E-state index in [4.69, 9.17) is 9.47 Å². The second-order valence-electron chi connectivity index (χ2n) is 3.97. The highest BCUT2D eigenvalue weighted by atomic mass is 16.5. The van der Waals surface area contributed by atoms with Gasteiger partial charge in [0.1, 0.15) is 18.8 Å². The number of aromatic nitrogens is 2. The van der Waals surface area contributed by atoms with Crippen molar-refractivity contribution in [1.29, 1.82) is 0 Å². The molecule has 0 aliphatic heterocycles. The number of hydrogen-bond donors (Lipinski definition) is 1. The van der Waals surface area contributed by atoms with Crippen molar-refractivity contribution in [3.05, 3.63) is 11.9 Å². The quantitative estimate of drug-likeness (QED) is 0.684. The lowest BCUT2D eigenvalue weighted by atomic mass is 10.2. The largest absolute Gasteiger partial charge is 0.475 e. The Labute approximate surface area is 109 Å². The average Bonchev–Trinajstić information content (AvgIpc) is 2.40. The van der Waals surface area contributed by atoms with E-state index in [1.807, 2.05) is 7.05 Å². The van der Waals surface area contributed by atoms with Crippen LogP contribution in [-0.4, -0.2) is 36.8 Å². The minimum atomic E-state index is 0.525. The van der Waals surface area contributed by atoms with Crippen molar-refractivity contribution in [3.63, 3.8) is 0 Å². The Balaban J connectivity index is 2.57. The molecular weight excluding hydrogens is 230 g/mol. The summed E-state index contributed by atoms with van der Waals surface area (Å²) in [6.45, 7) is 6.11. The van der Waals surface area contributed by atoms with Crippen LogP contribution in [0.3, 0.4) is 0 Å². The topological polar surface area (TPSA) is 56.3 Å². The van der Waals surface area contributed by atoms with E-state index < -0.39 is 0 Å². The number of anilines is 1. The van der Waals surface area contributed by atoms with E-state index >= 15 is 0 Å². The zero-order valence-corrected chi connectivity index (χ0v) is 11.5. The Morgan fingerprint density at radius 2 is 1.94 bits per heavy atom. The first-order valence-corrected chi connectivity index (χ1v) is 6.55. The molecule has 0 aromatic carbocycles. The van der Waals surface area contributed by atoms with Gasteiger partial charge in [0.05, 0.1) is 12.2 Å². The predicted octanol–water partition coefficient (Wildman–Crippen LogP) is 2.28. The molecule has 0 aliphatic rings. The average molecular weight is 253 g/mol. The third kappa shape index (κ3) is 4.49. The van der Waals surface area contributed by atoms with Crippen LogP contribution in [0, 0.1) is 0 Å². The van der Waals surface area contributed by atoms with Gasteiger partial charge in [-0.2, -0.15) is 0 Å². The molecule has 1 aromatic heterocycles. The van der Waals surface area contributed by atoms with E-state index in [0.717, 1.165) is 37.3 Å². The molecule has 1 N–H and O–H groups in total. The molecule has 5 nitrogen and oxygen atoms in total. The van der Waals surface area contributed by atoms with Gasteiger partial charge in [-0.3, -0.25) is 0 Å². The summed E-state index contributed by atoms with van der Waals surface area (Å²) in [6.07, 6.45) is 4.48. The first kappa shape index (κ1) is 14.7. The number of rotatable bonds is 9. The summed E-state index contributed by atoms with van der Waals surface area (Å²) >= 11 is 0. The van der Waals surface area contributed by atoms with Gasteiger partial charge < -0.3 is 14.8 Å². The molecule has 0 fully saturated rings. The molecule has 0 spiro atoms. The van der Waals surface area contributed by atoms with Crippen LogP contribution in [0.15, 0.2) is 6.33 Å². The standard InChI is InChI=1S/C13H23N3O2/c1-4-6-11-12(14-3)15-10-16-13(11)18-9-8-17-7-5-2/h10H,4-9H2,1-3H3,(H,14,15,16). The van der Waals surface area contributed by atoms with Gasteiger partial charge in [0.2, 0.25) is 5.88 Å². The van der Waals surface area contributed by atoms with E-state index in [1.165, 1.54) is 6.33 Å². The van der Waals surface area contributed by atoms with Crippen LogP contribution < -0.4 is 10.1 Å². The summed E-state index contributed by atoms with van der Waals surface area (Å²) in [5.74, 6) is 1.51. The summed E-state index contributed by atoms with van der Waals surface area (Å²) in [4.78, 5) is 8.40. The summed E-state index contributed by atoms with van der Waals surface area (Å²) < 4.78 is 11.0. The Morgan fingerprint density at radius 3 is 2.61 bits per heavy atom. The van der Waals surface area contributed by atoms with Gasteiger partial charge in [0.25, 0.3) is 0 Å². The lowest BCUT2D eigenvalue weighted by molar-refractivity contribution is 0.0986.